The fraction of sp³-hybridized carbons (Fsp3) is 1.00. The Kier molecular flexibility index (Phi) is 2.54. The molecule has 0 spiro atoms. The summed E-state index contributed by atoms with van der Waals surface area (Å²) in [6.07, 6.45) is 5.49. The van der Waals surface area contributed by atoms with Gasteiger partial charge in [0.05, 0.1) is 6.54 Å². The molecule has 76 valence electrons. The highest BCUT2D eigenvalue weighted by molar-refractivity contribution is 4.85. The monoisotopic (exact) mass is 189 g/mol. The van der Waals surface area contributed by atoms with Gasteiger partial charge >= 0.3 is 0 Å². The maximum Gasteiger partial charge on any atom is 0.260 e. The molecule has 0 aromatic carbocycles. The zero-order valence-corrected chi connectivity index (χ0v) is 7.94. The van der Waals surface area contributed by atoms with Crippen molar-refractivity contribution in [2.24, 2.45) is 0 Å². The van der Waals surface area contributed by atoms with E-state index in [-0.39, 0.29) is 13.0 Å². The molecular formula is C10H17F2N. The fourth-order valence-corrected chi connectivity index (χ4v) is 2.58. The Bertz CT molecular complexity index is 176. The summed E-state index contributed by atoms with van der Waals surface area (Å²) < 4.78 is 26.1. The van der Waals surface area contributed by atoms with Crippen LogP contribution in [0.25, 0.3) is 0 Å². The van der Waals surface area contributed by atoms with Gasteiger partial charge in [-0.1, -0.05) is 12.8 Å². The van der Waals surface area contributed by atoms with E-state index in [0.29, 0.717) is 12.5 Å². The molecule has 0 unspecified atom stereocenters. The molecule has 2 aliphatic rings. The zero-order valence-electron chi connectivity index (χ0n) is 7.94. The molecule has 0 aromatic heterocycles. The lowest BCUT2D eigenvalue weighted by Gasteiger charge is -2.36. The predicted molar refractivity (Wildman–Crippen MR) is 48.0 cm³/mol. The molecule has 0 aromatic rings. The Hall–Kier alpha value is -0.180. The van der Waals surface area contributed by atoms with E-state index in [1.54, 1.807) is 0 Å². The van der Waals surface area contributed by atoms with Gasteiger partial charge in [-0.05, 0) is 25.8 Å². The zero-order chi connectivity index (χ0) is 9.31. The molecule has 0 amide bonds. The topological polar surface area (TPSA) is 3.24 Å². The molecule has 13 heavy (non-hydrogen) atoms. The first kappa shape index (κ1) is 9.38. The van der Waals surface area contributed by atoms with Gasteiger partial charge in [0.25, 0.3) is 5.92 Å². The van der Waals surface area contributed by atoms with Crippen LogP contribution in [0.2, 0.25) is 0 Å². The molecule has 3 heteroatoms. The Morgan fingerprint density at radius 2 is 1.77 bits per heavy atom. The predicted octanol–water partition coefficient (Wildman–Crippen LogP) is 2.66. The van der Waals surface area contributed by atoms with Crippen LogP contribution in [-0.2, 0) is 0 Å². The number of alkyl halides is 2. The van der Waals surface area contributed by atoms with E-state index < -0.39 is 5.92 Å². The van der Waals surface area contributed by atoms with Crippen LogP contribution in [0.1, 0.15) is 38.5 Å². The summed E-state index contributed by atoms with van der Waals surface area (Å²) in [7, 11) is 0. The minimum absolute atomic E-state index is 0.0116. The van der Waals surface area contributed by atoms with Crippen molar-refractivity contribution in [3.05, 3.63) is 0 Å². The van der Waals surface area contributed by atoms with E-state index in [1.165, 1.54) is 12.8 Å². The largest absolute Gasteiger partial charge is 0.294 e. The van der Waals surface area contributed by atoms with E-state index in [2.05, 4.69) is 0 Å². The number of piperidine rings is 1. The van der Waals surface area contributed by atoms with E-state index in [9.17, 15) is 8.78 Å². The minimum atomic E-state index is -2.42. The summed E-state index contributed by atoms with van der Waals surface area (Å²) in [6.45, 7) is 0.901. The summed E-state index contributed by atoms with van der Waals surface area (Å²) in [6, 6.07) is 0.464. The van der Waals surface area contributed by atoms with E-state index in [0.717, 1.165) is 19.4 Å². The van der Waals surface area contributed by atoms with Crippen LogP contribution in [0.5, 0.6) is 0 Å². The van der Waals surface area contributed by atoms with Crippen molar-refractivity contribution in [1.82, 2.24) is 4.90 Å². The van der Waals surface area contributed by atoms with Crippen LogP contribution in [0.3, 0.4) is 0 Å². The summed E-state index contributed by atoms with van der Waals surface area (Å²) in [5.41, 5.74) is 0. The molecule has 1 saturated heterocycles. The molecular weight excluding hydrogens is 172 g/mol. The van der Waals surface area contributed by atoms with Gasteiger partial charge in [0.1, 0.15) is 0 Å². The molecule has 2 fully saturated rings. The molecule has 0 atom stereocenters. The Labute approximate surface area is 78.1 Å². The molecule has 1 saturated carbocycles. The maximum atomic E-state index is 13.1. The third kappa shape index (κ3) is 2.19. The number of halogens is 2. The standard InChI is InChI=1S/C10H17F2N/c11-10(12)6-3-7-13(8-10)9-4-1-2-5-9/h9H,1-8H2. The van der Waals surface area contributed by atoms with Gasteiger partial charge in [0.15, 0.2) is 0 Å². The summed E-state index contributed by atoms with van der Waals surface area (Å²) in [4.78, 5) is 2.01. The molecule has 2 rings (SSSR count). The van der Waals surface area contributed by atoms with Crippen molar-refractivity contribution in [3.8, 4) is 0 Å². The highest BCUT2D eigenvalue weighted by atomic mass is 19.3. The van der Waals surface area contributed by atoms with Crippen LogP contribution in [0.15, 0.2) is 0 Å². The van der Waals surface area contributed by atoms with Crippen LogP contribution in [-0.4, -0.2) is 30.0 Å². The molecule has 1 heterocycles. The molecule has 1 nitrogen and oxygen atoms in total. The van der Waals surface area contributed by atoms with E-state index >= 15 is 0 Å². The van der Waals surface area contributed by atoms with E-state index in [1.807, 2.05) is 4.90 Å². The van der Waals surface area contributed by atoms with Gasteiger partial charge in [0.2, 0.25) is 0 Å². The summed E-state index contributed by atoms with van der Waals surface area (Å²) in [5.74, 6) is -2.42. The van der Waals surface area contributed by atoms with E-state index in [4.69, 9.17) is 0 Å². The van der Waals surface area contributed by atoms with Crippen LogP contribution < -0.4 is 0 Å². The van der Waals surface area contributed by atoms with Gasteiger partial charge in [-0.3, -0.25) is 4.90 Å². The Balaban J connectivity index is 1.91. The lowest BCUT2D eigenvalue weighted by atomic mass is 10.0. The van der Waals surface area contributed by atoms with Crippen molar-refractivity contribution in [3.63, 3.8) is 0 Å². The highest BCUT2D eigenvalue weighted by Crippen LogP contribution is 2.32. The third-order valence-corrected chi connectivity index (χ3v) is 3.26. The second-order valence-electron chi connectivity index (χ2n) is 4.37. The summed E-state index contributed by atoms with van der Waals surface area (Å²) in [5, 5.41) is 0. The first-order valence-electron chi connectivity index (χ1n) is 5.29. The lowest BCUT2D eigenvalue weighted by Crippen LogP contribution is -2.46. The molecule has 0 bridgehead atoms. The number of hydrogen-bond donors (Lipinski definition) is 0. The quantitative estimate of drug-likeness (QED) is 0.613. The molecule has 0 N–H and O–H groups in total. The lowest BCUT2D eigenvalue weighted by molar-refractivity contribution is -0.0742. The van der Waals surface area contributed by atoms with Gasteiger partial charge in [-0.2, -0.15) is 0 Å². The average Bonchev–Trinajstić information content (AvgIpc) is 2.53. The van der Waals surface area contributed by atoms with Crippen LogP contribution in [0.4, 0.5) is 8.78 Å². The van der Waals surface area contributed by atoms with Crippen molar-refractivity contribution in [1.29, 1.82) is 0 Å². The van der Waals surface area contributed by atoms with Crippen molar-refractivity contribution in [2.75, 3.05) is 13.1 Å². The minimum Gasteiger partial charge on any atom is -0.294 e. The summed E-state index contributed by atoms with van der Waals surface area (Å²) >= 11 is 0. The molecule has 1 aliphatic carbocycles. The van der Waals surface area contributed by atoms with Gasteiger partial charge in [-0.15, -0.1) is 0 Å². The number of nitrogens with zero attached hydrogens (tertiary/aromatic N) is 1. The normalized spacial score (nSPS) is 30.9. The maximum absolute atomic E-state index is 13.1. The average molecular weight is 189 g/mol. The van der Waals surface area contributed by atoms with Crippen LogP contribution in [0, 0.1) is 0 Å². The Morgan fingerprint density at radius 3 is 2.38 bits per heavy atom. The number of hydrogen-bond acceptors (Lipinski definition) is 1. The first-order chi connectivity index (χ1) is 6.17. The van der Waals surface area contributed by atoms with Crippen molar-refractivity contribution >= 4 is 0 Å². The second-order valence-corrected chi connectivity index (χ2v) is 4.37. The van der Waals surface area contributed by atoms with Crippen LogP contribution >= 0.6 is 0 Å². The molecule has 0 radical (unpaired) electrons. The first-order valence-corrected chi connectivity index (χ1v) is 5.29. The van der Waals surface area contributed by atoms with Gasteiger partial charge in [0, 0.05) is 12.5 Å². The Morgan fingerprint density at radius 1 is 1.08 bits per heavy atom. The molecule has 1 aliphatic heterocycles. The second kappa shape index (κ2) is 3.52. The fourth-order valence-electron chi connectivity index (χ4n) is 2.58. The highest BCUT2D eigenvalue weighted by Gasteiger charge is 2.38. The SMILES string of the molecule is FC1(F)CCCN(C2CCCC2)C1. The van der Waals surface area contributed by atoms with Crippen molar-refractivity contribution in [2.45, 2.75) is 50.5 Å². The van der Waals surface area contributed by atoms with Gasteiger partial charge < -0.3 is 0 Å². The third-order valence-electron chi connectivity index (χ3n) is 3.26. The number of rotatable bonds is 1. The smallest absolute Gasteiger partial charge is 0.260 e. The van der Waals surface area contributed by atoms with Crippen molar-refractivity contribution < 1.29 is 8.78 Å². The van der Waals surface area contributed by atoms with Gasteiger partial charge in [-0.25, -0.2) is 8.78 Å². The number of likely N-dealkylation sites (tertiary alicyclic amines) is 1.